The van der Waals surface area contributed by atoms with E-state index in [1.165, 1.54) is 13.8 Å². The highest BCUT2D eigenvalue weighted by Gasteiger charge is 2.57. The maximum absolute atomic E-state index is 13.5. The van der Waals surface area contributed by atoms with E-state index in [2.05, 4.69) is 4.18 Å². The first-order valence-electron chi connectivity index (χ1n) is 6.46. The zero-order valence-electron chi connectivity index (χ0n) is 11.8. The summed E-state index contributed by atoms with van der Waals surface area (Å²) in [6.45, 7) is 3.05. The molecule has 1 saturated carbocycles. The summed E-state index contributed by atoms with van der Waals surface area (Å²) >= 11 is 0. The van der Waals surface area contributed by atoms with Crippen LogP contribution in [0.15, 0.2) is 0 Å². The molecule has 0 spiro atoms. The first kappa shape index (κ1) is 17.3. The van der Waals surface area contributed by atoms with Crippen molar-refractivity contribution in [2.75, 3.05) is 7.11 Å². The third-order valence-electron chi connectivity index (χ3n) is 3.72. The second kappa shape index (κ2) is 5.93. The Labute approximate surface area is 117 Å². The van der Waals surface area contributed by atoms with E-state index >= 15 is 0 Å². The van der Waals surface area contributed by atoms with Crippen LogP contribution in [0.4, 0.5) is 8.78 Å². The first-order chi connectivity index (χ1) is 9.04. The summed E-state index contributed by atoms with van der Waals surface area (Å²) in [6, 6.07) is 0. The van der Waals surface area contributed by atoms with Crippen molar-refractivity contribution in [3.05, 3.63) is 0 Å². The molecule has 8 heteroatoms. The van der Waals surface area contributed by atoms with E-state index in [-0.39, 0.29) is 5.92 Å². The molecule has 118 valence electrons. The fraction of sp³-hybridized carbons (Fsp3) is 0.917. The molecule has 0 saturated heterocycles. The molecule has 0 unspecified atom stereocenters. The van der Waals surface area contributed by atoms with Crippen LogP contribution in [0.3, 0.4) is 0 Å². The minimum Gasteiger partial charge on any atom is -0.454 e. The highest BCUT2D eigenvalue weighted by Crippen LogP contribution is 2.36. The maximum atomic E-state index is 13.5. The molecule has 0 heterocycles. The van der Waals surface area contributed by atoms with Crippen molar-refractivity contribution < 1.29 is 30.9 Å². The average Bonchev–Trinajstić information content (AvgIpc) is 2.39. The Hall–Kier alpha value is -0.760. The number of hydrogen-bond donors (Lipinski definition) is 0. The molecule has 0 aromatic carbocycles. The quantitative estimate of drug-likeness (QED) is 0.576. The van der Waals surface area contributed by atoms with E-state index in [1.54, 1.807) is 0 Å². The molecule has 0 bridgehead atoms. The molecule has 1 rings (SSSR count). The number of hydrogen-bond acceptors (Lipinski definition) is 5. The van der Waals surface area contributed by atoms with Crippen LogP contribution in [0.5, 0.6) is 0 Å². The lowest BCUT2D eigenvalue weighted by molar-refractivity contribution is -0.181. The van der Waals surface area contributed by atoms with Gasteiger partial charge in [-0.05, 0) is 32.6 Å². The lowest BCUT2D eigenvalue weighted by Gasteiger charge is -2.36. The Morgan fingerprint density at radius 2 is 1.65 bits per heavy atom. The molecule has 1 aliphatic rings. The Morgan fingerprint density at radius 1 is 1.15 bits per heavy atom. The molecule has 20 heavy (non-hydrogen) atoms. The van der Waals surface area contributed by atoms with Crippen molar-refractivity contribution in [3.63, 3.8) is 0 Å². The SMILES string of the molecule is COS(=O)(=O)C(F)(F)C(=O)OC(C)(C)C1CCCCC1. The van der Waals surface area contributed by atoms with Crippen molar-refractivity contribution in [1.82, 2.24) is 0 Å². The van der Waals surface area contributed by atoms with Gasteiger partial charge in [0.2, 0.25) is 0 Å². The van der Waals surface area contributed by atoms with Gasteiger partial charge >= 0.3 is 21.3 Å². The Kier molecular flexibility index (Phi) is 5.13. The van der Waals surface area contributed by atoms with Gasteiger partial charge in [-0.15, -0.1) is 0 Å². The summed E-state index contributed by atoms with van der Waals surface area (Å²) in [6.07, 6.45) is 4.48. The number of halogens is 2. The maximum Gasteiger partial charge on any atom is 0.466 e. The standard InChI is InChI=1S/C12H20F2O5S/c1-11(2,9-7-5-4-6-8-9)19-10(15)12(13,14)20(16,17)18-3/h9H,4-8H2,1-3H3. The van der Waals surface area contributed by atoms with Gasteiger partial charge in [-0.1, -0.05) is 19.3 Å². The van der Waals surface area contributed by atoms with Gasteiger partial charge < -0.3 is 4.74 Å². The molecule has 1 fully saturated rings. The van der Waals surface area contributed by atoms with Gasteiger partial charge in [-0.25, -0.2) is 4.79 Å². The van der Waals surface area contributed by atoms with E-state index in [0.717, 1.165) is 32.1 Å². The van der Waals surface area contributed by atoms with E-state index in [9.17, 15) is 22.0 Å². The molecular weight excluding hydrogens is 294 g/mol. The van der Waals surface area contributed by atoms with Gasteiger partial charge in [-0.3, -0.25) is 4.18 Å². The van der Waals surface area contributed by atoms with Crippen LogP contribution in [0, 0.1) is 5.92 Å². The second-order valence-corrected chi connectivity index (χ2v) is 7.22. The van der Waals surface area contributed by atoms with Gasteiger partial charge in [0.15, 0.2) is 0 Å². The second-order valence-electron chi connectivity index (χ2n) is 5.47. The molecular formula is C12H20F2O5S. The number of esters is 1. The fourth-order valence-corrected chi connectivity index (χ4v) is 2.84. The number of carbonyl (C=O) groups is 1. The topological polar surface area (TPSA) is 69.7 Å². The summed E-state index contributed by atoms with van der Waals surface area (Å²) in [5.74, 6) is -2.14. The summed E-state index contributed by atoms with van der Waals surface area (Å²) < 4.78 is 57.6. The molecule has 0 N–H and O–H groups in total. The highest BCUT2D eigenvalue weighted by atomic mass is 32.2. The van der Waals surface area contributed by atoms with Gasteiger partial charge in [-0.2, -0.15) is 17.2 Å². The minimum absolute atomic E-state index is 0.0544. The molecule has 0 amide bonds. The molecule has 5 nitrogen and oxygen atoms in total. The van der Waals surface area contributed by atoms with Crippen molar-refractivity contribution in [3.8, 4) is 0 Å². The lowest BCUT2D eigenvalue weighted by atomic mass is 9.79. The summed E-state index contributed by atoms with van der Waals surface area (Å²) in [7, 11) is -4.74. The van der Waals surface area contributed by atoms with Crippen LogP contribution in [0.2, 0.25) is 0 Å². The monoisotopic (exact) mass is 314 g/mol. The van der Waals surface area contributed by atoms with E-state index < -0.39 is 26.9 Å². The molecule has 0 radical (unpaired) electrons. The number of carbonyl (C=O) groups excluding carboxylic acids is 1. The van der Waals surface area contributed by atoms with E-state index in [0.29, 0.717) is 7.11 Å². The van der Waals surface area contributed by atoms with Crippen LogP contribution in [0.25, 0.3) is 0 Å². The van der Waals surface area contributed by atoms with Gasteiger partial charge in [0.1, 0.15) is 5.60 Å². The molecule has 0 aromatic heterocycles. The van der Waals surface area contributed by atoms with Crippen molar-refractivity contribution in [2.45, 2.75) is 56.8 Å². The number of alkyl halides is 2. The summed E-state index contributed by atoms with van der Waals surface area (Å²) in [4.78, 5) is 11.5. The van der Waals surface area contributed by atoms with E-state index in [1.807, 2.05) is 0 Å². The van der Waals surface area contributed by atoms with Crippen LogP contribution >= 0.6 is 0 Å². The van der Waals surface area contributed by atoms with Gasteiger partial charge in [0.05, 0.1) is 7.11 Å². The van der Waals surface area contributed by atoms with Gasteiger partial charge in [0, 0.05) is 0 Å². The zero-order valence-corrected chi connectivity index (χ0v) is 12.6. The minimum atomic E-state index is -5.31. The number of rotatable bonds is 5. The summed E-state index contributed by atoms with van der Waals surface area (Å²) in [5, 5.41) is -4.70. The van der Waals surface area contributed by atoms with Crippen molar-refractivity contribution in [1.29, 1.82) is 0 Å². The van der Waals surface area contributed by atoms with Crippen molar-refractivity contribution >= 4 is 16.1 Å². The zero-order chi connectivity index (χ0) is 15.6. The van der Waals surface area contributed by atoms with Crippen LogP contribution in [-0.2, 0) is 23.8 Å². The smallest absolute Gasteiger partial charge is 0.454 e. The van der Waals surface area contributed by atoms with Crippen LogP contribution < -0.4 is 0 Å². The average molecular weight is 314 g/mol. The lowest BCUT2D eigenvalue weighted by Crippen LogP contribution is -2.46. The molecule has 0 atom stereocenters. The summed E-state index contributed by atoms with van der Waals surface area (Å²) in [5.41, 5.74) is -1.13. The predicted octanol–water partition coefficient (Wildman–Crippen LogP) is 2.46. The van der Waals surface area contributed by atoms with E-state index in [4.69, 9.17) is 4.74 Å². The normalized spacial score (nSPS) is 18.9. The largest absolute Gasteiger partial charge is 0.466 e. The first-order valence-corrected chi connectivity index (χ1v) is 7.87. The number of ether oxygens (including phenoxy) is 1. The third-order valence-corrected chi connectivity index (χ3v) is 4.95. The predicted molar refractivity (Wildman–Crippen MR) is 67.6 cm³/mol. The van der Waals surface area contributed by atoms with Crippen LogP contribution in [0.1, 0.15) is 46.0 Å². The Morgan fingerprint density at radius 3 is 2.10 bits per heavy atom. The van der Waals surface area contributed by atoms with Gasteiger partial charge in [0.25, 0.3) is 0 Å². The molecule has 1 aliphatic carbocycles. The molecule has 0 aliphatic heterocycles. The Balaban J connectivity index is 2.83. The third kappa shape index (κ3) is 3.46. The molecule has 0 aromatic rings. The van der Waals surface area contributed by atoms with Crippen molar-refractivity contribution in [2.24, 2.45) is 5.92 Å². The Bertz CT molecular complexity index is 452. The van der Waals surface area contributed by atoms with Crippen LogP contribution in [-0.4, -0.2) is 32.4 Å². The fourth-order valence-electron chi connectivity index (χ4n) is 2.39. The highest BCUT2D eigenvalue weighted by molar-refractivity contribution is 7.88.